The van der Waals surface area contributed by atoms with Crippen molar-refractivity contribution in [3.05, 3.63) is 18.2 Å². The van der Waals surface area contributed by atoms with Gasteiger partial charge in [-0.05, 0) is 5.92 Å². The third-order valence-corrected chi connectivity index (χ3v) is 2.60. The molecule has 5 heteroatoms. The molecule has 1 aromatic rings. The molecule has 0 fully saturated rings. The molecule has 90 valence electrons. The minimum Gasteiger partial charge on any atom is -0.358 e. The average molecular weight is 224 g/mol. The van der Waals surface area contributed by atoms with Crippen molar-refractivity contribution in [3.8, 4) is 0 Å². The molecule has 2 N–H and O–H groups in total. The van der Waals surface area contributed by atoms with Gasteiger partial charge in [-0.1, -0.05) is 13.8 Å². The maximum absolute atomic E-state index is 11.6. The lowest BCUT2D eigenvalue weighted by Crippen LogP contribution is -2.46. The van der Waals surface area contributed by atoms with Crippen LogP contribution in [0.1, 0.15) is 19.7 Å². The number of imidazole rings is 1. The molecular weight excluding hydrogens is 204 g/mol. The Hall–Kier alpha value is -1.36. The van der Waals surface area contributed by atoms with Gasteiger partial charge in [-0.2, -0.15) is 0 Å². The normalized spacial score (nSPS) is 12.8. The van der Waals surface area contributed by atoms with Crippen LogP contribution >= 0.6 is 0 Å². The first-order valence-corrected chi connectivity index (χ1v) is 5.47. The highest BCUT2D eigenvalue weighted by Gasteiger charge is 2.20. The number of hydrogen-bond donors (Lipinski definition) is 2. The van der Waals surface area contributed by atoms with Crippen LogP contribution in [0.15, 0.2) is 12.4 Å². The summed E-state index contributed by atoms with van der Waals surface area (Å²) in [4.78, 5) is 15.8. The zero-order valence-corrected chi connectivity index (χ0v) is 10.3. The molecule has 0 aliphatic rings. The molecule has 16 heavy (non-hydrogen) atoms. The Balaban J connectivity index is 2.57. The van der Waals surface area contributed by atoms with Crippen LogP contribution in [0.5, 0.6) is 0 Å². The number of rotatable bonds is 5. The van der Waals surface area contributed by atoms with E-state index in [4.69, 9.17) is 0 Å². The van der Waals surface area contributed by atoms with E-state index in [2.05, 4.69) is 15.6 Å². The number of nitrogens with one attached hydrogen (secondary N) is 2. The maximum atomic E-state index is 11.6. The van der Waals surface area contributed by atoms with Crippen LogP contribution in [0.2, 0.25) is 0 Å². The average Bonchev–Trinajstić information content (AvgIpc) is 2.64. The lowest BCUT2D eigenvalue weighted by molar-refractivity contribution is -0.123. The first-order valence-electron chi connectivity index (χ1n) is 5.47. The number of nitrogens with zero attached hydrogens (tertiary/aromatic N) is 2. The number of aryl methyl sites for hydroxylation is 1. The van der Waals surface area contributed by atoms with Crippen LogP contribution in [-0.4, -0.2) is 28.5 Å². The Morgan fingerprint density at radius 2 is 2.25 bits per heavy atom. The van der Waals surface area contributed by atoms with Crippen molar-refractivity contribution in [1.82, 2.24) is 20.2 Å². The smallest absolute Gasteiger partial charge is 0.237 e. The zero-order chi connectivity index (χ0) is 12.1. The first-order chi connectivity index (χ1) is 7.56. The summed E-state index contributed by atoms with van der Waals surface area (Å²) in [6.07, 6.45) is 3.64. The van der Waals surface area contributed by atoms with E-state index in [1.165, 1.54) is 0 Å². The Bertz CT molecular complexity index is 346. The van der Waals surface area contributed by atoms with Gasteiger partial charge in [-0.3, -0.25) is 10.1 Å². The minimum absolute atomic E-state index is 0.0178. The summed E-state index contributed by atoms with van der Waals surface area (Å²) in [5.74, 6) is 1.19. The van der Waals surface area contributed by atoms with E-state index in [1.54, 1.807) is 13.2 Å². The van der Waals surface area contributed by atoms with Gasteiger partial charge in [0.15, 0.2) is 0 Å². The fourth-order valence-corrected chi connectivity index (χ4v) is 1.55. The molecule has 5 nitrogen and oxygen atoms in total. The van der Waals surface area contributed by atoms with Gasteiger partial charge < -0.3 is 9.88 Å². The van der Waals surface area contributed by atoms with Crippen LogP contribution in [-0.2, 0) is 18.4 Å². The highest BCUT2D eigenvalue weighted by Crippen LogP contribution is 2.03. The molecule has 0 aliphatic heterocycles. The van der Waals surface area contributed by atoms with E-state index >= 15 is 0 Å². The number of hydrogen-bond acceptors (Lipinski definition) is 3. The molecule has 1 rings (SSSR count). The predicted molar refractivity (Wildman–Crippen MR) is 62.7 cm³/mol. The lowest BCUT2D eigenvalue weighted by atomic mass is 10.0. The van der Waals surface area contributed by atoms with Crippen molar-refractivity contribution in [2.24, 2.45) is 13.0 Å². The van der Waals surface area contributed by atoms with Gasteiger partial charge in [0.25, 0.3) is 0 Å². The number of amides is 1. The van der Waals surface area contributed by atoms with Crippen molar-refractivity contribution in [1.29, 1.82) is 0 Å². The number of likely N-dealkylation sites (N-methyl/N-ethyl adjacent to an activating group) is 1. The largest absolute Gasteiger partial charge is 0.358 e. The molecule has 0 saturated heterocycles. The molecule has 0 aliphatic carbocycles. The van der Waals surface area contributed by atoms with Crippen molar-refractivity contribution in [2.45, 2.75) is 26.4 Å². The van der Waals surface area contributed by atoms with Crippen molar-refractivity contribution in [3.63, 3.8) is 0 Å². The van der Waals surface area contributed by atoms with Gasteiger partial charge in [-0.25, -0.2) is 4.98 Å². The summed E-state index contributed by atoms with van der Waals surface area (Å²) in [6, 6.07) is -0.179. The zero-order valence-electron chi connectivity index (χ0n) is 10.3. The van der Waals surface area contributed by atoms with Gasteiger partial charge in [0.1, 0.15) is 5.82 Å². The topological polar surface area (TPSA) is 59.0 Å². The Kier molecular flexibility index (Phi) is 4.49. The summed E-state index contributed by atoms with van der Waals surface area (Å²) in [6.45, 7) is 4.64. The summed E-state index contributed by atoms with van der Waals surface area (Å²) in [5.41, 5.74) is 0. The minimum atomic E-state index is -0.179. The Morgan fingerprint density at radius 1 is 1.56 bits per heavy atom. The van der Waals surface area contributed by atoms with Gasteiger partial charge in [0.2, 0.25) is 5.91 Å². The summed E-state index contributed by atoms with van der Waals surface area (Å²) < 4.78 is 1.94. The summed E-state index contributed by atoms with van der Waals surface area (Å²) >= 11 is 0. The van der Waals surface area contributed by atoms with Gasteiger partial charge in [0.05, 0.1) is 12.6 Å². The quantitative estimate of drug-likeness (QED) is 0.755. The number of carbonyl (C=O) groups excluding carboxylic acids is 1. The van der Waals surface area contributed by atoms with Gasteiger partial charge in [0, 0.05) is 26.5 Å². The Morgan fingerprint density at radius 3 is 2.69 bits per heavy atom. The SMILES string of the molecule is CNC(=O)C(NCc1nccn1C)C(C)C. The molecule has 1 unspecified atom stereocenters. The van der Waals surface area contributed by atoms with Crippen LogP contribution in [0.3, 0.4) is 0 Å². The lowest BCUT2D eigenvalue weighted by Gasteiger charge is -2.20. The van der Waals surface area contributed by atoms with Gasteiger partial charge in [-0.15, -0.1) is 0 Å². The molecule has 0 spiro atoms. The molecular formula is C11H20N4O. The second-order valence-electron chi connectivity index (χ2n) is 4.17. The fourth-order valence-electron chi connectivity index (χ4n) is 1.55. The monoisotopic (exact) mass is 224 g/mol. The molecule has 0 aromatic carbocycles. The second kappa shape index (κ2) is 5.65. The van der Waals surface area contributed by atoms with Crippen LogP contribution in [0.25, 0.3) is 0 Å². The fraction of sp³-hybridized carbons (Fsp3) is 0.636. The molecule has 0 saturated carbocycles. The van der Waals surface area contributed by atoms with E-state index in [0.29, 0.717) is 6.54 Å². The highest BCUT2D eigenvalue weighted by molar-refractivity contribution is 5.81. The summed E-state index contributed by atoms with van der Waals surface area (Å²) in [5, 5.41) is 5.88. The van der Waals surface area contributed by atoms with E-state index in [9.17, 15) is 4.79 Å². The molecule has 1 aromatic heterocycles. The van der Waals surface area contributed by atoms with Crippen molar-refractivity contribution in [2.75, 3.05) is 7.05 Å². The van der Waals surface area contributed by atoms with Crippen molar-refractivity contribution >= 4 is 5.91 Å². The second-order valence-corrected chi connectivity index (χ2v) is 4.17. The van der Waals surface area contributed by atoms with E-state index in [1.807, 2.05) is 31.7 Å². The van der Waals surface area contributed by atoms with E-state index < -0.39 is 0 Å². The summed E-state index contributed by atoms with van der Waals surface area (Å²) in [7, 11) is 3.59. The predicted octanol–water partition coefficient (Wildman–Crippen LogP) is 0.280. The molecule has 0 bridgehead atoms. The molecule has 0 radical (unpaired) electrons. The maximum Gasteiger partial charge on any atom is 0.237 e. The van der Waals surface area contributed by atoms with Crippen molar-refractivity contribution < 1.29 is 4.79 Å². The third-order valence-electron chi connectivity index (χ3n) is 2.60. The van der Waals surface area contributed by atoms with Gasteiger partial charge >= 0.3 is 0 Å². The highest BCUT2D eigenvalue weighted by atomic mass is 16.2. The van der Waals surface area contributed by atoms with E-state index in [0.717, 1.165) is 5.82 Å². The van der Waals surface area contributed by atoms with Crippen LogP contribution in [0, 0.1) is 5.92 Å². The Labute approximate surface area is 96.3 Å². The third kappa shape index (κ3) is 3.06. The van der Waals surface area contributed by atoms with E-state index in [-0.39, 0.29) is 17.9 Å². The first kappa shape index (κ1) is 12.7. The van der Waals surface area contributed by atoms with Crippen LogP contribution < -0.4 is 10.6 Å². The molecule has 1 heterocycles. The van der Waals surface area contributed by atoms with Crippen LogP contribution in [0.4, 0.5) is 0 Å². The molecule has 1 atom stereocenters. The number of carbonyl (C=O) groups is 1. The number of aromatic nitrogens is 2. The standard InChI is InChI=1S/C11H20N4O/c1-8(2)10(11(16)12-3)14-7-9-13-5-6-15(9)4/h5-6,8,10,14H,7H2,1-4H3,(H,12,16). The molecule has 1 amide bonds.